The zero-order chi connectivity index (χ0) is 9.80. The number of rotatable bonds is 2. The molecule has 1 fully saturated rings. The maximum Gasteiger partial charge on any atom is 0.188 e. The highest BCUT2D eigenvalue weighted by Gasteiger charge is 2.08. The number of hydrogen-bond acceptors (Lipinski definition) is 3. The molecule has 0 spiro atoms. The van der Waals surface area contributed by atoms with Crippen LogP contribution in [0.5, 0.6) is 0 Å². The van der Waals surface area contributed by atoms with Gasteiger partial charge in [0, 0.05) is 23.9 Å². The molecule has 0 atom stereocenters. The second-order valence-corrected chi connectivity index (χ2v) is 4.15. The summed E-state index contributed by atoms with van der Waals surface area (Å²) < 4.78 is 0. The van der Waals surface area contributed by atoms with Crippen LogP contribution in [0.2, 0.25) is 0 Å². The lowest BCUT2D eigenvalue weighted by Crippen LogP contribution is -2.06. The molecule has 0 saturated carbocycles. The Kier molecular flexibility index (Phi) is 2.89. The van der Waals surface area contributed by atoms with Gasteiger partial charge < -0.3 is 5.32 Å². The number of allylic oxidation sites excluding steroid dienone is 1. The Labute approximate surface area is 87.4 Å². The summed E-state index contributed by atoms with van der Waals surface area (Å²) in [6.45, 7) is 0.957. The third kappa shape index (κ3) is 2.17. The van der Waals surface area contributed by atoms with Gasteiger partial charge in [-0.05, 0) is 0 Å². The summed E-state index contributed by atoms with van der Waals surface area (Å²) in [4.78, 5) is 11.7. The van der Waals surface area contributed by atoms with Crippen LogP contribution < -0.4 is 5.32 Å². The van der Waals surface area contributed by atoms with Crippen molar-refractivity contribution in [2.24, 2.45) is 0 Å². The Morgan fingerprint density at radius 2 is 2.14 bits per heavy atom. The third-order valence-corrected chi connectivity index (χ3v) is 2.96. The van der Waals surface area contributed by atoms with Crippen LogP contribution in [0.25, 0.3) is 0 Å². The molecular weight excluding hydrogens is 194 g/mol. The number of benzene rings is 1. The fourth-order valence-corrected chi connectivity index (χ4v) is 2.10. The topological polar surface area (TPSA) is 29.1 Å². The van der Waals surface area contributed by atoms with Crippen molar-refractivity contribution in [3.05, 3.63) is 47.0 Å². The summed E-state index contributed by atoms with van der Waals surface area (Å²) in [6.07, 6.45) is 1.67. The second-order valence-electron chi connectivity index (χ2n) is 3.01. The lowest BCUT2D eigenvalue weighted by molar-refractivity contribution is 0.104. The number of hydrogen-bond donors (Lipinski definition) is 1. The number of nitrogens with one attached hydrogen (secondary N) is 1. The molecule has 1 aromatic rings. The predicted octanol–water partition coefficient (Wildman–Crippen LogP) is 2.05. The molecular formula is C11H11NOS. The molecule has 0 bridgehead atoms. The monoisotopic (exact) mass is 205 g/mol. The van der Waals surface area contributed by atoms with Crippen molar-refractivity contribution < 1.29 is 4.79 Å². The number of carbonyl (C=O) groups excluding carboxylic acids is 1. The minimum atomic E-state index is 0.0718. The number of ketones is 1. The van der Waals surface area contributed by atoms with Gasteiger partial charge in [-0.3, -0.25) is 4.79 Å². The zero-order valence-electron chi connectivity index (χ0n) is 7.69. The van der Waals surface area contributed by atoms with Crippen LogP contribution in [0, 0.1) is 0 Å². The normalized spacial score (nSPS) is 18.1. The van der Waals surface area contributed by atoms with E-state index in [0.29, 0.717) is 0 Å². The molecule has 0 amide bonds. The highest BCUT2D eigenvalue weighted by atomic mass is 32.2. The molecule has 0 radical (unpaired) electrons. The quantitative estimate of drug-likeness (QED) is 0.592. The summed E-state index contributed by atoms with van der Waals surface area (Å²) in [7, 11) is 0. The van der Waals surface area contributed by atoms with E-state index < -0.39 is 0 Å². The zero-order valence-corrected chi connectivity index (χ0v) is 8.51. The average molecular weight is 205 g/mol. The first-order chi connectivity index (χ1) is 6.86. The molecule has 0 aliphatic carbocycles. The Morgan fingerprint density at radius 1 is 1.36 bits per heavy atom. The minimum Gasteiger partial charge on any atom is -0.379 e. The van der Waals surface area contributed by atoms with E-state index >= 15 is 0 Å². The van der Waals surface area contributed by atoms with Crippen molar-refractivity contribution >= 4 is 17.5 Å². The van der Waals surface area contributed by atoms with E-state index in [-0.39, 0.29) is 5.78 Å². The molecule has 3 heteroatoms. The molecule has 0 aromatic heterocycles. The lowest BCUT2D eigenvalue weighted by atomic mass is 10.1. The van der Waals surface area contributed by atoms with Crippen molar-refractivity contribution in [2.45, 2.75) is 0 Å². The Bertz CT molecular complexity index is 351. The Hall–Kier alpha value is -1.22. The van der Waals surface area contributed by atoms with E-state index in [9.17, 15) is 4.79 Å². The summed E-state index contributed by atoms with van der Waals surface area (Å²) in [5.74, 6) is 1.12. The van der Waals surface area contributed by atoms with Crippen LogP contribution in [-0.2, 0) is 0 Å². The summed E-state index contributed by atoms with van der Waals surface area (Å²) >= 11 is 1.69. The maximum atomic E-state index is 11.7. The molecule has 1 aliphatic rings. The van der Waals surface area contributed by atoms with Gasteiger partial charge in [-0.1, -0.05) is 30.3 Å². The number of thioether (sulfide) groups is 1. The van der Waals surface area contributed by atoms with Crippen molar-refractivity contribution in [3.8, 4) is 0 Å². The summed E-state index contributed by atoms with van der Waals surface area (Å²) in [5, 5.41) is 4.15. The highest BCUT2D eigenvalue weighted by molar-refractivity contribution is 8.03. The molecule has 1 heterocycles. The van der Waals surface area contributed by atoms with Crippen molar-refractivity contribution in [1.82, 2.24) is 5.32 Å². The Morgan fingerprint density at radius 3 is 2.79 bits per heavy atom. The fraction of sp³-hybridized carbons (Fsp3) is 0.182. The van der Waals surface area contributed by atoms with E-state index in [0.717, 1.165) is 22.9 Å². The van der Waals surface area contributed by atoms with Crippen molar-refractivity contribution in [3.63, 3.8) is 0 Å². The summed E-state index contributed by atoms with van der Waals surface area (Å²) in [5.41, 5.74) is 0.745. The minimum absolute atomic E-state index is 0.0718. The molecule has 0 unspecified atom stereocenters. The summed E-state index contributed by atoms with van der Waals surface area (Å²) in [6, 6.07) is 9.33. The van der Waals surface area contributed by atoms with Crippen molar-refractivity contribution in [1.29, 1.82) is 0 Å². The lowest BCUT2D eigenvalue weighted by Gasteiger charge is -1.97. The van der Waals surface area contributed by atoms with Gasteiger partial charge in [-0.25, -0.2) is 0 Å². The first-order valence-corrected chi connectivity index (χ1v) is 5.52. The highest BCUT2D eigenvalue weighted by Crippen LogP contribution is 2.18. The standard InChI is InChI=1S/C11H11NOS/c13-10(8-11-12-6-7-14-11)9-4-2-1-3-5-9/h1-5,8,12H,6-7H2/b11-8-. The molecule has 1 N–H and O–H groups in total. The molecule has 1 aliphatic heterocycles. The second kappa shape index (κ2) is 4.33. The van der Waals surface area contributed by atoms with E-state index in [1.165, 1.54) is 0 Å². The van der Waals surface area contributed by atoms with Crippen LogP contribution in [0.4, 0.5) is 0 Å². The van der Waals surface area contributed by atoms with E-state index in [2.05, 4.69) is 5.32 Å². The SMILES string of the molecule is O=C(/C=C1/NCCS1)c1ccccc1. The first-order valence-electron chi connectivity index (χ1n) is 4.54. The molecule has 1 saturated heterocycles. The van der Waals surface area contributed by atoms with Gasteiger partial charge in [0.15, 0.2) is 5.78 Å². The van der Waals surface area contributed by atoms with E-state index in [1.54, 1.807) is 17.8 Å². The molecule has 2 nitrogen and oxygen atoms in total. The van der Waals surface area contributed by atoms with Gasteiger partial charge in [-0.2, -0.15) is 0 Å². The van der Waals surface area contributed by atoms with Crippen LogP contribution in [0.15, 0.2) is 41.4 Å². The maximum absolute atomic E-state index is 11.7. The Balaban J connectivity index is 2.13. The van der Waals surface area contributed by atoms with Crippen LogP contribution in [-0.4, -0.2) is 18.1 Å². The van der Waals surface area contributed by atoms with E-state index in [1.807, 2.05) is 30.3 Å². The van der Waals surface area contributed by atoms with E-state index in [4.69, 9.17) is 0 Å². The molecule has 2 rings (SSSR count). The number of carbonyl (C=O) groups is 1. The average Bonchev–Trinajstić information content (AvgIpc) is 2.72. The van der Waals surface area contributed by atoms with Gasteiger partial charge >= 0.3 is 0 Å². The molecule has 1 aromatic carbocycles. The van der Waals surface area contributed by atoms with Crippen LogP contribution in [0.1, 0.15) is 10.4 Å². The van der Waals surface area contributed by atoms with Gasteiger partial charge in [0.2, 0.25) is 0 Å². The fourth-order valence-electron chi connectivity index (χ4n) is 1.28. The van der Waals surface area contributed by atoms with Gasteiger partial charge in [0.1, 0.15) is 0 Å². The van der Waals surface area contributed by atoms with Crippen LogP contribution >= 0.6 is 11.8 Å². The predicted molar refractivity (Wildman–Crippen MR) is 59.3 cm³/mol. The largest absolute Gasteiger partial charge is 0.379 e. The first kappa shape index (κ1) is 9.34. The van der Waals surface area contributed by atoms with Gasteiger partial charge in [0.05, 0.1) is 5.03 Å². The van der Waals surface area contributed by atoms with Gasteiger partial charge in [0.25, 0.3) is 0 Å². The van der Waals surface area contributed by atoms with Crippen LogP contribution in [0.3, 0.4) is 0 Å². The molecule has 72 valence electrons. The smallest absolute Gasteiger partial charge is 0.188 e. The van der Waals surface area contributed by atoms with Crippen molar-refractivity contribution in [2.75, 3.05) is 12.3 Å². The molecule has 14 heavy (non-hydrogen) atoms. The van der Waals surface area contributed by atoms with Gasteiger partial charge in [-0.15, -0.1) is 11.8 Å². The third-order valence-electron chi connectivity index (χ3n) is 1.98.